The average molecular weight is 583 g/mol. The number of nitriles is 1. The molecule has 3 aliphatic heterocycles. The molecule has 222 valence electrons. The molecule has 0 unspecified atom stereocenters. The maximum absolute atomic E-state index is 14.4. The zero-order valence-corrected chi connectivity index (χ0v) is 24.0. The molecule has 2 saturated heterocycles. The lowest BCUT2D eigenvalue weighted by atomic mass is 9.82. The highest BCUT2D eigenvalue weighted by Crippen LogP contribution is 2.53. The molecule has 2 N–H and O–H groups in total. The number of ether oxygens (including phenoxy) is 1. The van der Waals surface area contributed by atoms with Gasteiger partial charge in [-0.25, -0.2) is 9.67 Å². The van der Waals surface area contributed by atoms with Crippen LogP contribution < -0.4 is 10.2 Å². The Morgan fingerprint density at radius 1 is 1.16 bits per heavy atom. The number of nitrogens with one attached hydrogen (secondary N) is 2. The Morgan fingerprint density at radius 2 is 1.98 bits per heavy atom. The molecule has 3 aromatic rings. The molecule has 5 atom stereocenters. The number of nitrogens with zero attached hydrogens (tertiary/aromatic N) is 6. The van der Waals surface area contributed by atoms with Crippen LogP contribution in [0.4, 0.5) is 5.82 Å². The van der Waals surface area contributed by atoms with Gasteiger partial charge in [0.15, 0.2) is 5.69 Å². The summed E-state index contributed by atoms with van der Waals surface area (Å²) in [4.78, 5) is 53.1. The van der Waals surface area contributed by atoms with E-state index >= 15 is 0 Å². The summed E-state index contributed by atoms with van der Waals surface area (Å²) in [5, 5.41) is 18.0. The first kappa shape index (κ1) is 26.4. The largest absolute Gasteiger partial charge is 0.381 e. The fraction of sp³-hybridized carbons (Fsp3) is 0.548. The Morgan fingerprint density at radius 3 is 2.72 bits per heavy atom. The minimum Gasteiger partial charge on any atom is -0.381 e. The third-order valence-electron chi connectivity index (χ3n) is 10.0. The number of rotatable bonds is 6. The number of fused-ring (bicyclic) bond motifs is 3. The first-order chi connectivity index (χ1) is 21.0. The maximum atomic E-state index is 14.4. The number of likely N-dealkylation sites (tertiary alicyclic amines) is 1. The number of carbonyl (C=O) groups excluding carboxylic acids is 3. The van der Waals surface area contributed by atoms with E-state index in [1.807, 2.05) is 11.6 Å². The van der Waals surface area contributed by atoms with Crippen LogP contribution in [-0.4, -0.2) is 80.3 Å². The molecule has 2 aromatic heterocycles. The van der Waals surface area contributed by atoms with Gasteiger partial charge in [-0.2, -0.15) is 10.4 Å². The molecule has 12 nitrogen and oxygen atoms in total. The Balaban J connectivity index is 1.24. The molecule has 5 aliphatic rings. The lowest BCUT2D eigenvalue weighted by Crippen LogP contribution is -2.56. The van der Waals surface area contributed by atoms with Gasteiger partial charge in [-0.05, 0) is 75.5 Å². The Hall–Kier alpha value is -4.24. The van der Waals surface area contributed by atoms with Crippen LogP contribution in [0.1, 0.15) is 83.8 Å². The van der Waals surface area contributed by atoms with Crippen LogP contribution in [0.25, 0.3) is 11.0 Å². The normalized spacial score (nSPS) is 28.5. The van der Waals surface area contributed by atoms with E-state index in [1.165, 1.54) is 0 Å². The van der Waals surface area contributed by atoms with Crippen molar-refractivity contribution in [2.75, 3.05) is 24.7 Å². The number of H-pyrrole nitrogens is 1. The number of aromatic amines is 1. The van der Waals surface area contributed by atoms with Crippen LogP contribution in [0.2, 0.25) is 0 Å². The van der Waals surface area contributed by atoms with E-state index in [0.29, 0.717) is 49.2 Å². The summed E-state index contributed by atoms with van der Waals surface area (Å²) in [5.41, 5.74) is 2.99. The van der Waals surface area contributed by atoms with Crippen molar-refractivity contribution in [3.63, 3.8) is 0 Å². The zero-order valence-electron chi connectivity index (χ0n) is 24.0. The van der Waals surface area contributed by atoms with Crippen molar-refractivity contribution in [2.24, 2.45) is 11.8 Å². The Kier molecular flexibility index (Phi) is 6.08. The van der Waals surface area contributed by atoms with Crippen molar-refractivity contribution in [3.8, 4) is 6.07 Å². The van der Waals surface area contributed by atoms with E-state index in [4.69, 9.17) is 9.84 Å². The molecule has 5 heterocycles. The molecule has 2 saturated carbocycles. The monoisotopic (exact) mass is 582 g/mol. The fourth-order valence-electron chi connectivity index (χ4n) is 7.66. The number of hydrogen-bond donors (Lipinski definition) is 2. The molecule has 3 amide bonds. The minimum absolute atomic E-state index is 0.0166. The van der Waals surface area contributed by atoms with Crippen molar-refractivity contribution < 1.29 is 19.1 Å². The highest BCUT2D eigenvalue weighted by molar-refractivity contribution is 6.07. The van der Waals surface area contributed by atoms with E-state index in [-0.39, 0.29) is 35.7 Å². The number of imidazole rings is 1. The highest BCUT2D eigenvalue weighted by atomic mass is 16.5. The molecule has 4 fully saturated rings. The van der Waals surface area contributed by atoms with Gasteiger partial charge in [-0.1, -0.05) is 0 Å². The number of likely N-dealkylation sites (N-methyl/N-ethyl adjacent to an activating group) is 1. The summed E-state index contributed by atoms with van der Waals surface area (Å²) in [6, 6.07) is 6.30. The third-order valence-corrected chi connectivity index (χ3v) is 10.0. The van der Waals surface area contributed by atoms with Gasteiger partial charge < -0.3 is 19.9 Å². The molecule has 1 aromatic carbocycles. The lowest BCUT2D eigenvalue weighted by Gasteiger charge is -2.39. The van der Waals surface area contributed by atoms with Gasteiger partial charge in [0.1, 0.15) is 17.9 Å². The first-order valence-corrected chi connectivity index (χ1v) is 15.5. The van der Waals surface area contributed by atoms with Crippen molar-refractivity contribution >= 4 is 34.6 Å². The third kappa shape index (κ3) is 4.16. The number of amides is 3. The molecule has 12 heteroatoms. The van der Waals surface area contributed by atoms with Gasteiger partial charge in [0.05, 0.1) is 29.5 Å². The molecule has 0 spiro atoms. The molecular weight excluding hydrogens is 548 g/mol. The zero-order chi connectivity index (χ0) is 29.4. The summed E-state index contributed by atoms with van der Waals surface area (Å²) in [5.74, 6) is 0.0153. The smallest absolute Gasteiger partial charge is 0.276 e. The fourth-order valence-corrected chi connectivity index (χ4v) is 7.66. The van der Waals surface area contributed by atoms with Crippen molar-refractivity contribution in [1.29, 1.82) is 5.26 Å². The number of anilines is 1. The predicted octanol–water partition coefficient (Wildman–Crippen LogP) is 2.90. The molecule has 0 radical (unpaired) electrons. The highest BCUT2D eigenvalue weighted by Gasteiger charge is 2.57. The summed E-state index contributed by atoms with van der Waals surface area (Å²) >= 11 is 0. The van der Waals surface area contributed by atoms with Crippen LogP contribution in [-0.2, 0) is 9.53 Å². The summed E-state index contributed by atoms with van der Waals surface area (Å²) in [6.07, 6.45) is 6.46. The summed E-state index contributed by atoms with van der Waals surface area (Å²) < 4.78 is 7.53. The van der Waals surface area contributed by atoms with Gasteiger partial charge in [-0.3, -0.25) is 19.3 Å². The van der Waals surface area contributed by atoms with E-state index in [1.54, 1.807) is 34.3 Å². The van der Waals surface area contributed by atoms with Crippen LogP contribution in [0, 0.1) is 23.2 Å². The molecular formula is C31H34N8O4. The second kappa shape index (κ2) is 9.91. The average Bonchev–Trinajstić information content (AvgIpc) is 3.88. The van der Waals surface area contributed by atoms with Gasteiger partial charge in [0, 0.05) is 42.8 Å². The van der Waals surface area contributed by atoms with E-state index in [0.717, 1.165) is 48.7 Å². The van der Waals surface area contributed by atoms with Crippen LogP contribution >= 0.6 is 0 Å². The minimum atomic E-state index is -0.845. The van der Waals surface area contributed by atoms with Gasteiger partial charge >= 0.3 is 0 Å². The number of carbonyl (C=O) groups is 3. The van der Waals surface area contributed by atoms with Crippen molar-refractivity contribution in [2.45, 2.75) is 75.5 Å². The van der Waals surface area contributed by atoms with E-state index in [9.17, 15) is 19.6 Å². The number of piperidine rings is 1. The molecule has 8 rings (SSSR count). The van der Waals surface area contributed by atoms with E-state index < -0.39 is 18.0 Å². The van der Waals surface area contributed by atoms with Crippen LogP contribution in [0.15, 0.2) is 24.5 Å². The molecule has 2 aliphatic carbocycles. The van der Waals surface area contributed by atoms with Crippen LogP contribution in [0.3, 0.4) is 0 Å². The topological polar surface area (TPSA) is 149 Å². The first-order valence-electron chi connectivity index (χ1n) is 15.5. The second-order valence-corrected chi connectivity index (χ2v) is 12.6. The second-order valence-electron chi connectivity index (χ2n) is 12.6. The summed E-state index contributed by atoms with van der Waals surface area (Å²) in [7, 11) is 0. The van der Waals surface area contributed by atoms with Gasteiger partial charge in [-0.15, -0.1) is 0 Å². The number of benzene rings is 1. The van der Waals surface area contributed by atoms with Crippen molar-refractivity contribution in [3.05, 3.63) is 41.3 Å². The van der Waals surface area contributed by atoms with E-state index in [2.05, 4.69) is 21.4 Å². The van der Waals surface area contributed by atoms with Gasteiger partial charge in [0.25, 0.3) is 17.7 Å². The van der Waals surface area contributed by atoms with Crippen molar-refractivity contribution in [1.82, 2.24) is 30.0 Å². The predicted molar refractivity (Wildman–Crippen MR) is 154 cm³/mol. The Bertz CT molecular complexity index is 1680. The maximum Gasteiger partial charge on any atom is 0.276 e. The van der Waals surface area contributed by atoms with Gasteiger partial charge in [0.2, 0.25) is 0 Å². The molecule has 43 heavy (non-hydrogen) atoms. The number of hydrogen-bond acceptors (Lipinski definition) is 7. The summed E-state index contributed by atoms with van der Waals surface area (Å²) in [6.45, 7) is 3.45. The quantitative estimate of drug-likeness (QED) is 0.454. The standard InChI is InChI=1S/C31H34N8O4/c1-2-37-29-25(24(16-3-4-16)26(30(37)41)35-28(40)17-5-6-21-22(12-17)34-15-33-21)27(36-39(29)19-7-9-43-10-8-19)31(42)38-20(14-32)11-18-13-23(18)38/h5-6,12,15-16,18-20,23-24,26H,2-4,7-11,13H2,1H3,(H,33,34)(H,35,40)/t18-,20-,23+,24-,26-/m0/s1. The Labute approximate surface area is 248 Å². The molecule has 0 bridgehead atoms. The number of aromatic nitrogens is 4. The lowest BCUT2D eigenvalue weighted by molar-refractivity contribution is -0.121. The SMILES string of the molecule is CCN1C(=O)[C@@H](NC(=O)c2ccc3nc[nH]c3c2)[C@@H](C2CC2)c2c(C(=O)N3[C@H](C#N)C[C@H]4C[C@H]43)nn(C3CCOCC3)c21. The van der Waals surface area contributed by atoms with Crippen LogP contribution in [0.5, 0.6) is 0 Å².